The lowest BCUT2D eigenvalue weighted by Gasteiger charge is -2.03. The van der Waals surface area contributed by atoms with Crippen LogP contribution in [-0.4, -0.2) is 37.0 Å². The number of ether oxygens (including phenoxy) is 1. The lowest BCUT2D eigenvalue weighted by atomic mass is 10.3. The summed E-state index contributed by atoms with van der Waals surface area (Å²) in [4.78, 5) is 22.0. The van der Waals surface area contributed by atoms with Crippen LogP contribution in [0, 0.1) is 0 Å². The van der Waals surface area contributed by atoms with Crippen LogP contribution in [0.3, 0.4) is 0 Å². The van der Waals surface area contributed by atoms with Crippen molar-refractivity contribution >= 4 is 23.6 Å². The van der Waals surface area contributed by atoms with E-state index in [0.29, 0.717) is 13.2 Å². The Morgan fingerprint density at radius 1 is 1.36 bits per heavy atom. The van der Waals surface area contributed by atoms with Crippen LogP contribution in [0.25, 0.3) is 0 Å². The first-order valence-electron chi connectivity index (χ1n) is 4.62. The molecule has 4 nitrogen and oxygen atoms in total. The van der Waals surface area contributed by atoms with Crippen molar-refractivity contribution in [3.8, 4) is 0 Å². The first kappa shape index (κ1) is 13.3. The molecule has 0 bridgehead atoms. The molecule has 5 heteroatoms. The number of thioether (sulfide) groups is 1. The molecular formula is C9H17NO3S. The molecule has 0 aromatic heterocycles. The van der Waals surface area contributed by atoms with Crippen molar-refractivity contribution in [2.75, 3.05) is 25.2 Å². The smallest absolute Gasteiger partial charge is 0.306 e. The molecule has 0 radical (unpaired) electrons. The van der Waals surface area contributed by atoms with Crippen LogP contribution in [0.2, 0.25) is 0 Å². The van der Waals surface area contributed by atoms with E-state index in [1.54, 1.807) is 18.7 Å². The molecule has 0 atom stereocenters. The fourth-order valence-corrected chi connectivity index (χ4v) is 1.14. The summed E-state index contributed by atoms with van der Waals surface area (Å²) in [6, 6.07) is 0. The average molecular weight is 219 g/mol. The molecule has 0 spiro atoms. The Morgan fingerprint density at radius 2 is 2.07 bits per heavy atom. The molecule has 1 N–H and O–H groups in total. The summed E-state index contributed by atoms with van der Waals surface area (Å²) >= 11 is 1.67. The zero-order valence-corrected chi connectivity index (χ0v) is 9.49. The number of esters is 1. The Hall–Kier alpha value is -0.710. The first-order chi connectivity index (χ1) is 6.70. The van der Waals surface area contributed by atoms with Crippen LogP contribution in [-0.2, 0) is 14.3 Å². The van der Waals surface area contributed by atoms with Crippen molar-refractivity contribution < 1.29 is 14.3 Å². The Balaban J connectivity index is 3.39. The maximum absolute atomic E-state index is 11.1. The SMILES string of the molecule is CCOC(=O)CCC(=O)NCCSC. The van der Waals surface area contributed by atoms with Gasteiger partial charge < -0.3 is 10.1 Å². The van der Waals surface area contributed by atoms with Gasteiger partial charge in [0.05, 0.1) is 13.0 Å². The topological polar surface area (TPSA) is 55.4 Å². The molecule has 82 valence electrons. The van der Waals surface area contributed by atoms with Crippen molar-refractivity contribution in [2.24, 2.45) is 0 Å². The Morgan fingerprint density at radius 3 is 2.64 bits per heavy atom. The number of nitrogens with one attached hydrogen (secondary N) is 1. The first-order valence-corrected chi connectivity index (χ1v) is 6.01. The fourth-order valence-electron chi connectivity index (χ4n) is 0.830. The van der Waals surface area contributed by atoms with E-state index < -0.39 is 0 Å². The van der Waals surface area contributed by atoms with Gasteiger partial charge in [-0.25, -0.2) is 0 Å². The standard InChI is InChI=1S/C9H17NO3S/c1-3-13-9(12)5-4-8(11)10-6-7-14-2/h3-7H2,1-2H3,(H,10,11). The second-order valence-corrected chi connectivity index (χ2v) is 3.63. The van der Waals surface area contributed by atoms with Gasteiger partial charge in [-0.2, -0.15) is 11.8 Å². The monoisotopic (exact) mass is 219 g/mol. The summed E-state index contributed by atoms with van der Waals surface area (Å²) in [6.07, 6.45) is 2.36. The molecule has 0 unspecified atom stereocenters. The van der Waals surface area contributed by atoms with E-state index in [9.17, 15) is 9.59 Å². The van der Waals surface area contributed by atoms with E-state index >= 15 is 0 Å². The number of amides is 1. The number of carbonyl (C=O) groups is 2. The van der Waals surface area contributed by atoms with Crippen LogP contribution >= 0.6 is 11.8 Å². The van der Waals surface area contributed by atoms with Crippen LogP contribution < -0.4 is 5.32 Å². The van der Waals surface area contributed by atoms with Gasteiger partial charge in [-0.05, 0) is 13.2 Å². The third-order valence-corrected chi connectivity index (χ3v) is 2.10. The minimum Gasteiger partial charge on any atom is -0.466 e. The number of hydrogen-bond acceptors (Lipinski definition) is 4. The molecular weight excluding hydrogens is 202 g/mol. The largest absolute Gasteiger partial charge is 0.466 e. The van der Waals surface area contributed by atoms with E-state index in [0.717, 1.165) is 5.75 Å². The lowest BCUT2D eigenvalue weighted by Crippen LogP contribution is -2.26. The van der Waals surface area contributed by atoms with Gasteiger partial charge in [-0.3, -0.25) is 9.59 Å². The molecule has 0 rings (SSSR count). The minimum atomic E-state index is -0.312. The molecule has 0 saturated carbocycles. The Labute approximate surface area is 88.8 Å². The van der Waals surface area contributed by atoms with Gasteiger partial charge in [0, 0.05) is 18.7 Å². The summed E-state index contributed by atoms with van der Waals surface area (Å²) in [6.45, 7) is 2.77. The van der Waals surface area contributed by atoms with Crippen molar-refractivity contribution in [3.05, 3.63) is 0 Å². The molecule has 0 aromatic carbocycles. The van der Waals surface area contributed by atoms with Gasteiger partial charge in [0.2, 0.25) is 5.91 Å². The van der Waals surface area contributed by atoms with Gasteiger partial charge in [0.15, 0.2) is 0 Å². The molecule has 0 fully saturated rings. The highest BCUT2D eigenvalue weighted by Crippen LogP contribution is 1.93. The summed E-state index contributed by atoms with van der Waals surface area (Å²) < 4.78 is 4.69. The molecule has 0 aliphatic rings. The predicted octanol–water partition coefficient (Wildman–Crippen LogP) is 0.809. The third kappa shape index (κ3) is 7.91. The van der Waals surface area contributed by atoms with Gasteiger partial charge in [-0.1, -0.05) is 0 Å². The van der Waals surface area contributed by atoms with Gasteiger partial charge in [-0.15, -0.1) is 0 Å². The van der Waals surface area contributed by atoms with E-state index in [2.05, 4.69) is 5.32 Å². The summed E-state index contributed by atoms with van der Waals surface area (Å²) in [5.41, 5.74) is 0. The molecule has 0 heterocycles. The van der Waals surface area contributed by atoms with Crippen LogP contribution in [0.15, 0.2) is 0 Å². The van der Waals surface area contributed by atoms with Crippen LogP contribution in [0.4, 0.5) is 0 Å². The highest BCUT2D eigenvalue weighted by molar-refractivity contribution is 7.98. The maximum Gasteiger partial charge on any atom is 0.306 e. The van der Waals surface area contributed by atoms with Crippen molar-refractivity contribution in [2.45, 2.75) is 19.8 Å². The number of hydrogen-bond donors (Lipinski definition) is 1. The van der Waals surface area contributed by atoms with E-state index in [-0.39, 0.29) is 24.7 Å². The Kier molecular flexibility index (Phi) is 8.42. The summed E-state index contributed by atoms with van der Waals surface area (Å²) in [5.74, 6) is 0.491. The predicted molar refractivity (Wildman–Crippen MR) is 57.3 cm³/mol. The van der Waals surface area contributed by atoms with Gasteiger partial charge in [0.1, 0.15) is 0 Å². The van der Waals surface area contributed by atoms with Crippen molar-refractivity contribution in [1.29, 1.82) is 0 Å². The zero-order chi connectivity index (χ0) is 10.8. The summed E-state index contributed by atoms with van der Waals surface area (Å²) in [7, 11) is 0. The van der Waals surface area contributed by atoms with Gasteiger partial charge >= 0.3 is 5.97 Å². The van der Waals surface area contributed by atoms with Crippen LogP contribution in [0.1, 0.15) is 19.8 Å². The molecule has 0 aliphatic heterocycles. The Bertz CT molecular complexity index is 185. The maximum atomic E-state index is 11.1. The second-order valence-electron chi connectivity index (χ2n) is 2.65. The average Bonchev–Trinajstić information content (AvgIpc) is 2.16. The summed E-state index contributed by atoms with van der Waals surface area (Å²) in [5, 5.41) is 2.71. The van der Waals surface area contributed by atoms with E-state index in [4.69, 9.17) is 4.74 Å². The molecule has 0 aromatic rings. The zero-order valence-electron chi connectivity index (χ0n) is 8.67. The fraction of sp³-hybridized carbons (Fsp3) is 0.778. The number of carbonyl (C=O) groups excluding carboxylic acids is 2. The molecule has 0 saturated heterocycles. The number of rotatable bonds is 7. The van der Waals surface area contributed by atoms with Crippen LogP contribution in [0.5, 0.6) is 0 Å². The molecule has 14 heavy (non-hydrogen) atoms. The highest BCUT2D eigenvalue weighted by atomic mass is 32.2. The second kappa shape index (κ2) is 8.87. The van der Waals surface area contributed by atoms with Gasteiger partial charge in [0.25, 0.3) is 0 Å². The normalized spacial score (nSPS) is 9.57. The lowest BCUT2D eigenvalue weighted by molar-refractivity contribution is -0.144. The highest BCUT2D eigenvalue weighted by Gasteiger charge is 2.06. The quantitative estimate of drug-likeness (QED) is 0.508. The van der Waals surface area contributed by atoms with E-state index in [1.807, 2.05) is 6.26 Å². The van der Waals surface area contributed by atoms with E-state index in [1.165, 1.54) is 0 Å². The minimum absolute atomic E-state index is 0.0906. The third-order valence-electron chi connectivity index (χ3n) is 1.49. The molecule has 1 amide bonds. The van der Waals surface area contributed by atoms with Crippen molar-refractivity contribution in [1.82, 2.24) is 5.32 Å². The van der Waals surface area contributed by atoms with Crippen molar-refractivity contribution in [3.63, 3.8) is 0 Å². The molecule has 0 aliphatic carbocycles.